The Morgan fingerprint density at radius 1 is 0.321 bits per heavy atom. The highest BCUT2D eigenvalue weighted by molar-refractivity contribution is 6.15. The van der Waals surface area contributed by atoms with Gasteiger partial charge in [0.15, 0.2) is 0 Å². The molecular weight excluding hydrogens is 645 g/mol. The van der Waals surface area contributed by atoms with E-state index in [1.54, 1.807) is 0 Å². The molecule has 0 aliphatic rings. The maximum atomic E-state index is 5.16. The molecule has 0 amide bonds. The standard InChI is InChI=1S/C49H30N4/c1-2-13-31(14-3-1)48-49-41-29-32(25-26-40(41)46-23-12-24-47(50-48)53(46)49)33-27-34(51-42-19-8-4-15-36(42)37-16-5-9-20-43(37)51)30-35(28-33)52-44-21-10-6-17-38(44)39-18-7-11-22-45(39)52/h1-30H. The first kappa shape index (κ1) is 28.5. The quantitative estimate of drug-likeness (QED) is 0.183. The number of para-hydroxylation sites is 4. The van der Waals surface area contributed by atoms with Gasteiger partial charge in [0.1, 0.15) is 5.65 Å². The van der Waals surface area contributed by atoms with E-state index >= 15 is 0 Å². The minimum Gasteiger partial charge on any atom is -0.309 e. The molecule has 12 rings (SSSR count). The van der Waals surface area contributed by atoms with Gasteiger partial charge in [0.25, 0.3) is 0 Å². The van der Waals surface area contributed by atoms with Gasteiger partial charge in [0.2, 0.25) is 0 Å². The first-order valence-electron chi connectivity index (χ1n) is 18.1. The summed E-state index contributed by atoms with van der Waals surface area (Å²) in [7, 11) is 0. The average molecular weight is 675 g/mol. The predicted octanol–water partition coefficient (Wildman–Crippen LogP) is 12.6. The number of pyridine rings is 1. The summed E-state index contributed by atoms with van der Waals surface area (Å²) in [6, 6.07) is 66.1. The number of hydrogen-bond donors (Lipinski definition) is 0. The smallest absolute Gasteiger partial charge is 0.138 e. The van der Waals surface area contributed by atoms with Crippen LogP contribution in [-0.2, 0) is 0 Å². The Morgan fingerprint density at radius 3 is 1.38 bits per heavy atom. The number of nitrogens with zero attached hydrogens (tertiary/aromatic N) is 4. The molecule has 4 nitrogen and oxygen atoms in total. The van der Waals surface area contributed by atoms with Crippen molar-refractivity contribution < 1.29 is 0 Å². The molecule has 53 heavy (non-hydrogen) atoms. The van der Waals surface area contributed by atoms with E-state index < -0.39 is 0 Å². The Hall–Kier alpha value is -7.17. The van der Waals surface area contributed by atoms with Crippen LogP contribution in [0.4, 0.5) is 0 Å². The molecule has 12 aromatic rings. The van der Waals surface area contributed by atoms with E-state index in [9.17, 15) is 0 Å². The molecule has 0 fully saturated rings. The van der Waals surface area contributed by atoms with Crippen LogP contribution in [-0.4, -0.2) is 18.5 Å². The van der Waals surface area contributed by atoms with Gasteiger partial charge in [0, 0.05) is 49.3 Å². The minimum atomic E-state index is 0.969. The van der Waals surface area contributed by atoms with Crippen LogP contribution in [0.15, 0.2) is 182 Å². The van der Waals surface area contributed by atoms with Crippen LogP contribution >= 0.6 is 0 Å². The van der Waals surface area contributed by atoms with E-state index in [0.717, 1.165) is 44.9 Å². The van der Waals surface area contributed by atoms with Crippen LogP contribution in [0.2, 0.25) is 0 Å². The molecule has 0 saturated carbocycles. The van der Waals surface area contributed by atoms with E-state index in [2.05, 4.69) is 196 Å². The van der Waals surface area contributed by atoms with Gasteiger partial charge < -0.3 is 9.13 Å². The number of fused-ring (bicyclic) bond motifs is 9. The molecule has 0 aliphatic carbocycles. The van der Waals surface area contributed by atoms with Crippen molar-refractivity contribution in [3.05, 3.63) is 182 Å². The van der Waals surface area contributed by atoms with Crippen LogP contribution in [0.1, 0.15) is 0 Å². The second-order valence-electron chi connectivity index (χ2n) is 14.0. The van der Waals surface area contributed by atoms with Gasteiger partial charge in [-0.1, -0.05) is 121 Å². The van der Waals surface area contributed by atoms with Crippen molar-refractivity contribution in [2.24, 2.45) is 0 Å². The fourth-order valence-corrected chi connectivity index (χ4v) is 8.91. The fraction of sp³-hybridized carbons (Fsp3) is 0. The molecule has 0 unspecified atom stereocenters. The molecule has 0 spiro atoms. The minimum absolute atomic E-state index is 0.969. The molecule has 246 valence electrons. The third-order valence-corrected chi connectivity index (χ3v) is 11.2. The number of imidazole rings is 1. The van der Waals surface area contributed by atoms with E-state index in [1.165, 1.54) is 59.9 Å². The summed E-state index contributed by atoms with van der Waals surface area (Å²) in [6.45, 7) is 0. The molecule has 4 heteroatoms. The molecule has 0 saturated heterocycles. The third kappa shape index (κ3) is 3.98. The molecule has 0 aliphatic heterocycles. The van der Waals surface area contributed by atoms with Crippen molar-refractivity contribution in [1.82, 2.24) is 18.5 Å². The van der Waals surface area contributed by atoms with E-state index in [1.807, 2.05) is 0 Å². The molecular formula is C49H30N4. The summed E-state index contributed by atoms with van der Waals surface area (Å²) in [4.78, 5) is 5.16. The Labute approximate surface area is 304 Å². The lowest BCUT2D eigenvalue weighted by molar-refractivity contribution is 1.13. The molecule has 0 N–H and O–H groups in total. The summed E-state index contributed by atoms with van der Waals surface area (Å²) in [5.74, 6) is 0. The Bertz CT molecular complexity index is 3160. The lowest BCUT2D eigenvalue weighted by Crippen LogP contribution is -2.00. The van der Waals surface area contributed by atoms with Crippen LogP contribution in [0, 0.1) is 0 Å². The summed E-state index contributed by atoms with van der Waals surface area (Å²) >= 11 is 0. The Balaban J connectivity index is 1.19. The lowest BCUT2D eigenvalue weighted by Gasteiger charge is -2.16. The zero-order valence-corrected chi connectivity index (χ0v) is 28.6. The summed E-state index contributed by atoms with van der Waals surface area (Å²) < 4.78 is 7.19. The molecule has 0 atom stereocenters. The van der Waals surface area contributed by atoms with Crippen LogP contribution < -0.4 is 0 Å². The highest BCUT2D eigenvalue weighted by Gasteiger charge is 2.21. The second-order valence-corrected chi connectivity index (χ2v) is 14.0. The first-order valence-corrected chi connectivity index (χ1v) is 18.1. The van der Waals surface area contributed by atoms with Crippen molar-refractivity contribution in [3.8, 4) is 33.8 Å². The molecule has 0 radical (unpaired) electrons. The number of hydrogen-bond acceptors (Lipinski definition) is 1. The van der Waals surface area contributed by atoms with Gasteiger partial charge in [-0.05, 0) is 71.8 Å². The Morgan fingerprint density at radius 2 is 0.811 bits per heavy atom. The summed E-state index contributed by atoms with van der Waals surface area (Å²) in [5.41, 5.74) is 14.8. The third-order valence-electron chi connectivity index (χ3n) is 11.2. The largest absolute Gasteiger partial charge is 0.309 e. The van der Waals surface area contributed by atoms with Gasteiger partial charge in [-0.2, -0.15) is 0 Å². The predicted molar refractivity (Wildman–Crippen MR) is 221 cm³/mol. The average Bonchev–Trinajstić information content (AvgIpc) is 3.97. The second kappa shape index (κ2) is 10.7. The monoisotopic (exact) mass is 674 g/mol. The van der Waals surface area contributed by atoms with Gasteiger partial charge in [0.05, 0.1) is 38.8 Å². The van der Waals surface area contributed by atoms with Gasteiger partial charge in [-0.25, -0.2) is 4.98 Å². The Kier molecular flexibility index (Phi) is 5.74. The topological polar surface area (TPSA) is 27.2 Å². The van der Waals surface area contributed by atoms with Crippen LogP contribution in [0.5, 0.6) is 0 Å². The lowest BCUT2D eigenvalue weighted by atomic mass is 10.00. The number of rotatable bonds is 4. The number of aromatic nitrogens is 4. The fourth-order valence-electron chi connectivity index (χ4n) is 8.91. The molecule has 5 aromatic heterocycles. The molecule has 7 aromatic carbocycles. The first-order chi connectivity index (χ1) is 26.3. The van der Waals surface area contributed by atoms with Crippen molar-refractivity contribution >= 4 is 71.1 Å². The van der Waals surface area contributed by atoms with Gasteiger partial charge >= 0.3 is 0 Å². The molecule has 0 bridgehead atoms. The van der Waals surface area contributed by atoms with E-state index in [0.29, 0.717) is 0 Å². The summed E-state index contributed by atoms with van der Waals surface area (Å²) in [5, 5.41) is 7.44. The molecule has 5 heterocycles. The normalized spacial score (nSPS) is 12.2. The van der Waals surface area contributed by atoms with Crippen LogP contribution in [0.3, 0.4) is 0 Å². The highest BCUT2D eigenvalue weighted by Crippen LogP contribution is 2.41. The van der Waals surface area contributed by atoms with Crippen LogP contribution in [0.25, 0.3) is 105 Å². The SMILES string of the molecule is c1ccc(-c2nc3cccc4c5ccc(-c6cc(-n7c8ccccc8c8ccccc87)cc(-n7c8ccccc8c8ccccc87)c6)cc5c2n34)cc1. The van der Waals surface area contributed by atoms with Crippen molar-refractivity contribution in [1.29, 1.82) is 0 Å². The highest BCUT2D eigenvalue weighted by atomic mass is 15.0. The van der Waals surface area contributed by atoms with Crippen molar-refractivity contribution in [2.45, 2.75) is 0 Å². The summed E-state index contributed by atoms with van der Waals surface area (Å²) in [6.07, 6.45) is 0. The van der Waals surface area contributed by atoms with Crippen molar-refractivity contribution in [3.63, 3.8) is 0 Å². The van der Waals surface area contributed by atoms with Crippen molar-refractivity contribution in [2.75, 3.05) is 0 Å². The van der Waals surface area contributed by atoms with E-state index in [-0.39, 0.29) is 0 Å². The maximum Gasteiger partial charge on any atom is 0.138 e. The zero-order valence-electron chi connectivity index (χ0n) is 28.6. The maximum absolute atomic E-state index is 5.16. The number of benzene rings is 7. The zero-order chi connectivity index (χ0) is 34.6. The van der Waals surface area contributed by atoms with Gasteiger partial charge in [-0.3, -0.25) is 4.40 Å². The van der Waals surface area contributed by atoms with E-state index in [4.69, 9.17) is 4.98 Å². The van der Waals surface area contributed by atoms with Gasteiger partial charge in [-0.15, -0.1) is 0 Å².